The Kier molecular flexibility index (Phi) is 5.79. The number of hydrogen-bond acceptors (Lipinski definition) is 4. The van der Waals surface area contributed by atoms with E-state index in [2.05, 4.69) is 20.7 Å². The highest BCUT2D eigenvalue weighted by Crippen LogP contribution is 2.26. The van der Waals surface area contributed by atoms with Gasteiger partial charge < -0.3 is 10.8 Å². The fourth-order valence-corrected chi connectivity index (χ4v) is 3.67. The molecule has 4 N–H and O–H groups in total. The third-order valence-corrected chi connectivity index (χ3v) is 4.79. The Morgan fingerprint density at radius 1 is 1.47 bits per heavy atom. The SMILES string of the molecule is CCCC(O)CNS(=O)(=O)c1cc(Br)cc(N)c1C. The largest absolute Gasteiger partial charge is 0.398 e. The summed E-state index contributed by atoms with van der Waals surface area (Å²) in [6.45, 7) is 3.58. The first-order valence-corrected chi connectivity index (χ1v) is 8.29. The number of sulfonamides is 1. The van der Waals surface area contributed by atoms with Crippen LogP contribution in [0.15, 0.2) is 21.5 Å². The summed E-state index contributed by atoms with van der Waals surface area (Å²) in [5, 5.41) is 9.58. The Labute approximate surface area is 122 Å². The minimum absolute atomic E-state index is 0.00202. The molecule has 0 aliphatic heterocycles. The molecule has 0 heterocycles. The molecule has 1 atom stereocenters. The van der Waals surface area contributed by atoms with E-state index in [1.807, 2.05) is 6.92 Å². The number of nitrogens with two attached hydrogens (primary N) is 1. The Bertz CT molecular complexity index is 546. The fourth-order valence-electron chi connectivity index (χ4n) is 1.67. The molecule has 0 radical (unpaired) electrons. The molecule has 0 aliphatic carbocycles. The number of aliphatic hydroxyl groups is 1. The summed E-state index contributed by atoms with van der Waals surface area (Å²) in [4.78, 5) is 0.128. The monoisotopic (exact) mass is 350 g/mol. The third kappa shape index (κ3) is 4.45. The van der Waals surface area contributed by atoms with Gasteiger partial charge in [-0.3, -0.25) is 0 Å². The van der Waals surface area contributed by atoms with Crippen molar-refractivity contribution in [1.29, 1.82) is 0 Å². The average Bonchev–Trinajstić information content (AvgIpc) is 2.31. The molecule has 1 aromatic rings. The van der Waals surface area contributed by atoms with E-state index in [9.17, 15) is 13.5 Å². The topological polar surface area (TPSA) is 92.4 Å². The van der Waals surface area contributed by atoms with Gasteiger partial charge in [0.05, 0.1) is 11.0 Å². The molecule has 0 fully saturated rings. The number of rotatable bonds is 6. The van der Waals surface area contributed by atoms with E-state index < -0.39 is 16.1 Å². The molecule has 1 aromatic carbocycles. The van der Waals surface area contributed by atoms with Gasteiger partial charge in [0.15, 0.2) is 0 Å². The first-order chi connectivity index (χ1) is 8.77. The number of nitrogens with one attached hydrogen (secondary N) is 1. The van der Waals surface area contributed by atoms with Crippen LogP contribution in [-0.4, -0.2) is 26.2 Å². The highest BCUT2D eigenvalue weighted by molar-refractivity contribution is 9.10. The Hall–Kier alpha value is -0.630. The lowest BCUT2D eigenvalue weighted by molar-refractivity contribution is 0.167. The lowest BCUT2D eigenvalue weighted by Gasteiger charge is -2.14. The van der Waals surface area contributed by atoms with Gasteiger partial charge in [0.25, 0.3) is 0 Å². The van der Waals surface area contributed by atoms with Crippen LogP contribution < -0.4 is 10.5 Å². The molecule has 1 rings (SSSR count). The molecule has 0 saturated carbocycles. The van der Waals surface area contributed by atoms with E-state index >= 15 is 0 Å². The van der Waals surface area contributed by atoms with Crippen molar-refractivity contribution in [3.05, 3.63) is 22.2 Å². The van der Waals surface area contributed by atoms with Crippen LogP contribution in [0.2, 0.25) is 0 Å². The van der Waals surface area contributed by atoms with Crippen LogP contribution >= 0.6 is 15.9 Å². The number of anilines is 1. The van der Waals surface area contributed by atoms with Gasteiger partial charge >= 0.3 is 0 Å². The smallest absolute Gasteiger partial charge is 0.241 e. The number of aliphatic hydroxyl groups excluding tert-OH is 1. The summed E-state index contributed by atoms with van der Waals surface area (Å²) in [6.07, 6.45) is 0.679. The van der Waals surface area contributed by atoms with Crippen LogP contribution in [0.5, 0.6) is 0 Å². The first-order valence-electron chi connectivity index (χ1n) is 6.01. The van der Waals surface area contributed by atoms with E-state index in [-0.39, 0.29) is 11.4 Å². The van der Waals surface area contributed by atoms with Crippen molar-refractivity contribution in [2.45, 2.75) is 37.7 Å². The van der Waals surface area contributed by atoms with E-state index in [0.717, 1.165) is 6.42 Å². The normalized spacial score (nSPS) is 13.5. The zero-order chi connectivity index (χ0) is 14.6. The van der Waals surface area contributed by atoms with E-state index in [1.165, 1.54) is 6.07 Å². The van der Waals surface area contributed by atoms with E-state index in [4.69, 9.17) is 5.73 Å². The predicted octanol–water partition coefficient (Wildman–Crippen LogP) is 1.78. The van der Waals surface area contributed by atoms with E-state index in [1.54, 1.807) is 13.0 Å². The third-order valence-electron chi connectivity index (χ3n) is 2.79. The van der Waals surface area contributed by atoms with Crippen LogP contribution in [0, 0.1) is 6.92 Å². The minimum Gasteiger partial charge on any atom is -0.398 e. The zero-order valence-corrected chi connectivity index (χ0v) is 13.4. The quantitative estimate of drug-likeness (QED) is 0.681. The van der Waals surface area contributed by atoms with Crippen molar-refractivity contribution in [1.82, 2.24) is 4.72 Å². The summed E-state index contributed by atoms with van der Waals surface area (Å²) in [6, 6.07) is 3.15. The van der Waals surface area contributed by atoms with Gasteiger partial charge in [-0.1, -0.05) is 29.3 Å². The van der Waals surface area contributed by atoms with Crippen molar-refractivity contribution < 1.29 is 13.5 Å². The fraction of sp³-hybridized carbons (Fsp3) is 0.500. The second-order valence-corrected chi connectivity index (χ2v) is 7.06. The van der Waals surface area contributed by atoms with Crippen LogP contribution in [0.1, 0.15) is 25.3 Å². The van der Waals surface area contributed by atoms with Crippen molar-refractivity contribution in [3.8, 4) is 0 Å². The maximum absolute atomic E-state index is 12.2. The number of hydrogen-bond donors (Lipinski definition) is 3. The number of benzene rings is 1. The van der Waals surface area contributed by atoms with Gasteiger partial charge in [-0.2, -0.15) is 0 Å². The molecule has 7 heteroatoms. The number of nitrogen functional groups attached to an aromatic ring is 1. The zero-order valence-electron chi connectivity index (χ0n) is 11.0. The molecule has 0 saturated heterocycles. The average molecular weight is 351 g/mol. The highest BCUT2D eigenvalue weighted by atomic mass is 79.9. The molecule has 19 heavy (non-hydrogen) atoms. The molecule has 0 aliphatic rings. The lowest BCUT2D eigenvalue weighted by Crippen LogP contribution is -2.32. The molecule has 0 bridgehead atoms. The first kappa shape index (κ1) is 16.4. The molecule has 108 valence electrons. The van der Waals surface area contributed by atoms with Gasteiger partial charge in [0.1, 0.15) is 0 Å². The maximum Gasteiger partial charge on any atom is 0.241 e. The Balaban J connectivity index is 2.95. The molecular formula is C12H19BrN2O3S. The summed E-state index contributed by atoms with van der Waals surface area (Å²) >= 11 is 3.22. The van der Waals surface area contributed by atoms with Gasteiger partial charge in [-0.05, 0) is 31.0 Å². The van der Waals surface area contributed by atoms with Crippen molar-refractivity contribution in [2.75, 3.05) is 12.3 Å². The summed E-state index contributed by atoms with van der Waals surface area (Å²) in [5.41, 5.74) is 6.66. The van der Waals surface area contributed by atoms with Gasteiger partial charge in [-0.15, -0.1) is 0 Å². The van der Waals surface area contributed by atoms with Crippen LogP contribution in [0.25, 0.3) is 0 Å². The van der Waals surface area contributed by atoms with Gasteiger partial charge in [-0.25, -0.2) is 13.1 Å². The number of halogens is 1. The van der Waals surface area contributed by atoms with Crippen molar-refractivity contribution in [2.24, 2.45) is 0 Å². The second kappa shape index (κ2) is 6.69. The molecular weight excluding hydrogens is 332 g/mol. The lowest BCUT2D eigenvalue weighted by atomic mass is 10.2. The molecule has 0 aromatic heterocycles. The summed E-state index contributed by atoms with van der Waals surface area (Å²) in [5.74, 6) is 0. The second-order valence-electron chi connectivity index (χ2n) is 4.41. The maximum atomic E-state index is 12.2. The highest BCUT2D eigenvalue weighted by Gasteiger charge is 2.19. The standard InChI is InChI=1S/C12H19BrN2O3S/c1-3-4-10(16)7-15-19(17,18)12-6-9(13)5-11(14)8(12)2/h5-6,10,15-16H,3-4,7,14H2,1-2H3. The van der Waals surface area contributed by atoms with Crippen LogP contribution in [0.3, 0.4) is 0 Å². The Morgan fingerprint density at radius 2 is 2.11 bits per heavy atom. The molecule has 1 unspecified atom stereocenters. The molecule has 0 amide bonds. The van der Waals surface area contributed by atoms with Crippen LogP contribution in [-0.2, 0) is 10.0 Å². The minimum atomic E-state index is -3.67. The van der Waals surface area contributed by atoms with Crippen molar-refractivity contribution >= 4 is 31.6 Å². The molecule has 0 spiro atoms. The van der Waals surface area contributed by atoms with Crippen molar-refractivity contribution in [3.63, 3.8) is 0 Å². The van der Waals surface area contributed by atoms with E-state index in [0.29, 0.717) is 22.1 Å². The Morgan fingerprint density at radius 3 is 2.68 bits per heavy atom. The molecule has 5 nitrogen and oxygen atoms in total. The van der Waals surface area contributed by atoms with Gasteiger partial charge in [0, 0.05) is 16.7 Å². The summed E-state index contributed by atoms with van der Waals surface area (Å²) in [7, 11) is -3.67. The predicted molar refractivity (Wildman–Crippen MR) is 79.4 cm³/mol. The van der Waals surface area contributed by atoms with Gasteiger partial charge in [0.2, 0.25) is 10.0 Å². The van der Waals surface area contributed by atoms with Crippen LogP contribution in [0.4, 0.5) is 5.69 Å². The summed E-state index contributed by atoms with van der Waals surface area (Å²) < 4.78 is 27.3.